The SMILES string of the molecule is COc1ccc(OC)c(NC(=O)c2cc(S(=O)(=O)N3CCC(C)CC3)ccc2Cl)c1. The van der Waals surface area contributed by atoms with Crippen LogP contribution in [0.2, 0.25) is 5.02 Å². The predicted octanol–water partition coefficient (Wildman–Crippen LogP) is 4.03. The maximum absolute atomic E-state index is 13.0. The van der Waals surface area contributed by atoms with Crippen molar-refractivity contribution in [2.24, 2.45) is 5.92 Å². The van der Waals surface area contributed by atoms with Crippen molar-refractivity contribution < 1.29 is 22.7 Å². The lowest BCUT2D eigenvalue weighted by atomic mass is 10.0. The van der Waals surface area contributed by atoms with Gasteiger partial charge in [-0.15, -0.1) is 0 Å². The van der Waals surface area contributed by atoms with E-state index in [4.69, 9.17) is 21.1 Å². The van der Waals surface area contributed by atoms with E-state index in [1.807, 2.05) is 0 Å². The highest BCUT2D eigenvalue weighted by molar-refractivity contribution is 7.89. The van der Waals surface area contributed by atoms with Crippen molar-refractivity contribution in [2.75, 3.05) is 32.6 Å². The van der Waals surface area contributed by atoms with Crippen molar-refractivity contribution in [1.29, 1.82) is 0 Å². The van der Waals surface area contributed by atoms with Gasteiger partial charge in [-0.1, -0.05) is 18.5 Å². The second-order valence-corrected chi connectivity index (χ2v) is 9.59. The van der Waals surface area contributed by atoms with Crippen LogP contribution in [-0.2, 0) is 10.0 Å². The number of rotatable bonds is 6. The Hall–Kier alpha value is -2.29. The molecule has 0 aliphatic carbocycles. The highest BCUT2D eigenvalue weighted by Gasteiger charge is 2.29. The summed E-state index contributed by atoms with van der Waals surface area (Å²) in [5.74, 6) is 0.927. The topological polar surface area (TPSA) is 84.9 Å². The molecule has 1 amide bonds. The van der Waals surface area contributed by atoms with Gasteiger partial charge in [-0.3, -0.25) is 4.79 Å². The summed E-state index contributed by atoms with van der Waals surface area (Å²) in [6.45, 7) is 3.05. The second-order valence-electron chi connectivity index (χ2n) is 7.25. The molecule has 1 N–H and O–H groups in total. The average molecular weight is 453 g/mol. The average Bonchev–Trinajstić information content (AvgIpc) is 2.74. The fourth-order valence-electron chi connectivity index (χ4n) is 3.31. The summed E-state index contributed by atoms with van der Waals surface area (Å²) in [4.78, 5) is 12.9. The van der Waals surface area contributed by atoms with E-state index in [0.29, 0.717) is 36.2 Å². The molecule has 162 valence electrons. The molecule has 9 heteroatoms. The van der Waals surface area contributed by atoms with Gasteiger partial charge in [0.05, 0.1) is 35.4 Å². The van der Waals surface area contributed by atoms with Crippen molar-refractivity contribution in [3.05, 3.63) is 47.0 Å². The van der Waals surface area contributed by atoms with Crippen LogP contribution in [0, 0.1) is 5.92 Å². The third kappa shape index (κ3) is 4.71. The first-order valence-electron chi connectivity index (χ1n) is 9.59. The number of anilines is 1. The third-order valence-corrected chi connectivity index (χ3v) is 7.44. The summed E-state index contributed by atoms with van der Waals surface area (Å²) in [5, 5.41) is 2.87. The zero-order chi connectivity index (χ0) is 21.9. The van der Waals surface area contributed by atoms with Crippen LogP contribution in [0.15, 0.2) is 41.3 Å². The van der Waals surface area contributed by atoms with Crippen LogP contribution >= 0.6 is 11.6 Å². The first-order valence-corrected chi connectivity index (χ1v) is 11.4. The van der Waals surface area contributed by atoms with E-state index in [-0.39, 0.29) is 15.5 Å². The molecule has 0 unspecified atom stereocenters. The number of carbonyl (C=O) groups is 1. The highest BCUT2D eigenvalue weighted by atomic mass is 35.5. The van der Waals surface area contributed by atoms with E-state index < -0.39 is 15.9 Å². The number of nitrogens with zero attached hydrogens (tertiary/aromatic N) is 1. The number of nitrogens with one attached hydrogen (secondary N) is 1. The van der Waals surface area contributed by atoms with Crippen LogP contribution in [0.4, 0.5) is 5.69 Å². The minimum absolute atomic E-state index is 0.0456. The monoisotopic (exact) mass is 452 g/mol. The van der Waals surface area contributed by atoms with Crippen molar-refractivity contribution >= 4 is 33.2 Å². The first-order chi connectivity index (χ1) is 14.3. The maximum atomic E-state index is 13.0. The summed E-state index contributed by atoms with van der Waals surface area (Å²) in [6, 6.07) is 9.15. The molecular weight excluding hydrogens is 428 g/mol. The van der Waals surface area contributed by atoms with E-state index >= 15 is 0 Å². The number of piperidine rings is 1. The molecule has 7 nitrogen and oxygen atoms in total. The van der Waals surface area contributed by atoms with Crippen LogP contribution in [0.1, 0.15) is 30.1 Å². The predicted molar refractivity (Wildman–Crippen MR) is 116 cm³/mol. The lowest BCUT2D eigenvalue weighted by molar-refractivity contribution is 0.102. The van der Waals surface area contributed by atoms with Gasteiger partial charge in [-0.2, -0.15) is 4.31 Å². The Kier molecular flexibility index (Phi) is 6.90. The molecule has 0 atom stereocenters. The molecule has 2 aromatic carbocycles. The number of benzene rings is 2. The van der Waals surface area contributed by atoms with Crippen molar-refractivity contribution in [2.45, 2.75) is 24.7 Å². The van der Waals surface area contributed by atoms with Crippen LogP contribution in [0.5, 0.6) is 11.5 Å². The van der Waals surface area contributed by atoms with Gasteiger partial charge in [0.1, 0.15) is 11.5 Å². The summed E-state index contributed by atoms with van der Waals surface area (Å²) >= 11 is 6.22. The molecule has 0 radical (unpaired) electrons. The van der Waals surface area contributed by atoms with E-state index in [1.165, 1.54) is 36.7 Å². The Labute approximate surface area is 182 Å². The lowest BCUT2D eigenvalue weighted by Gasteiger charge is -2.29. The van der Waals surface area contributed by atoms with Gasteiger partial charge in [0.25, 0.3) is 5.91 Å². The maximum Gasteiger partial charge on any atom is 0.257 e. The Balaban J connectivity index is 1.89. The van der Waals surface area contributed by atoms with E-state index in [1.54, 1.807) is 18.2 Å². The van der Waals surface area contributed by atoms with E-state index in [2.05, 4.69) is 12.2 Å². The number of sulfonamides is 1. The summed E-state index contributed by atoms with van der Waals surface area (Å²) in [6.07, 6.45) is 1.63. The molecule has 0 spiro atoms. The summed E-state index contributed by atoms with van der Waals surface area (Å²) in [7, 11) is -0.707. The van der Waals surface area contributed by atoms with Gasteiger partial charge in [0.15, 0.2) is 0 Å². The smallest absolute Gasteiger partial charge is 0.257 e. The zero-order valence-corrected chi connectivity index (χ0v) is 18.7. The van der Waals surface area contributed by atoms with Crippen LogP contribution in [0.25, 0.3) is 0 Å². The van der Waals surface area contributed by atoms with Gasteiger partial charge in [-0.05, 0) is 49.1 Å². The van der Waals surface area contributed by atoms with Crippen molar-refractivity contribution in [1.82, 2.24) is 4.31 Å². The molecule has 1 saturated heterocycles. The standard InChI is InChI=1S/C21H25ClN2O5S/c1-14-8-10-24(11-9-14)30(26,27)16-5-6-18(22)17(13-16)21(25)23-19-12-15(28-2)4-7-20(19)29-3/h4-7,12-14H,8-11H2,1-3H3,(H,23,25). The fourth-order valence-corrected chi connectivity index (χ4v) is 5.01. The molecule has 1 aliphatic heterocycles. The summed E-state index contributed by atoms with van der Waals surface area (Å²) in [5.41, 5.74) is 0.448. The Bertz CT molecular complexity index is 1030. The number of methoxy groups -OCH3 is 2. The minimum Gasteiger partial charge on any atom is -0.497 e. The molecule has 2 aromatic rings. The molecule has 30 heavy (non-hydrogen) atoms. The van der Waals surface area contributed by atoms with Gasteiger partial charge in [-0.25, -0.2) is 8.42 Å². The molecule has 1 aliphatic rings. The van der Waals surface area contributed by atoms with E-state index in [0.717, 1.165) is 12.8 Å². The van der Waals surface area contributed by atoms with Gasteiger partial charge in [0.2, 0.25) is 10.0 Å². The molecule has 0 aromatic heterocycles. The third-order valence-electron chi connectivity index (χ3n) is 5.22. The number of hydrogen-bond donors (Lipinski definition) is 1. The largest absolute Gasteiger partial charge is 0.497 e. The number of ether oxygens (including phenoxy) is 2. The first kappa shape index (κ1) is 22.4. The Morgan fingerprint density at radius 2 is 1.80 bits per heavy atom. The molecule has 0 saturated carbocycles. The van der Waals surface area contributed by atoms with E-state index in [9.17, 15) is 13.2 Å². The molecule has 0 bridgehead atoms. The number of carbonyl (C=O) groups excluding carboxylic acids is 1. The fraction of sp³-hybridized carbons (Fsp3) is 0.381. The number of amides is 1. The lowest BCUT2D eigenvalue weighted by Crippen LogP contribution is -2.37. The van der Waals surface area contributed by atoms with Gasteiger partial charge < -0.3 is 14.8 Å². The van der Waals surface area contributed by atoms with Gasteiger partial charge in [0, 0.05) is 19.2 Å². The van der Waals surface area contributed by atoms with Crippen molar-refractivity contribution in [3.63, 3.8) is 0 Å². The quantitative estimate of drug-likeness (QED) is 0.715. The Morgan fingerprint density at radius 3 is 2.43 bits per heavy atom. The molecular formula is C21H25ClN2O5S. The summed E-state index contributed by atoms with van der Waals surface area (Å²) < 4.78 is 38.0. The highest BCUT2D eigenvalue weighted by Crippen LogP contribution is 2.31. The van der Waals surface area contributed by atoms with Crippen LogP contribution < -0.4 is 14.8 Å². The number of hydrogen-bond acceptors (Lipinski definition) is 5. The Morgan fingerprint density at radius 1 is 1.10 bits per heavy atom. The molecule has 3 rings (SSSR count). The molecule has 1 heterocycles. The number of halogens is 1. The second kappa shape index (κ2) is 9.24. The van der Waals surface area contributed by atoms with Crippen LogP contribution in [0.3, 0.4) is 0 Å². The van der Waals surface area contributed by atoms with Crippen LogP contribution in [-0.4, -0.2) is 45.9 Å². The zero-order valence-electron chi connectivity index (χ0n) is 17.1. The minimum atomic E-state index is -3.70. The normalized spacial score (nSPS) is 15.6. The van der Waals surface area contributed by atoms with Crippen molar-refractivity contribution in [3.8, 4) is 11.5 Å². The van der Waals surface area contributed by atoms with Gasteiger partial charge >= 0.3 is 0 Å². The molecule has 1 fully saturated rings.